The molecule has 23 heavy (non-hydrogen) atoms. The first-order valence-electron chi connectivity index (χ1n) is 7.25. The van der Waals surface area contributed by atoms with E-state index >= 15 is 0 Å². The molecule has 0 aliphatic heterocycles. The predicted octanol–water partition coefficient (Wildman–Crippen LogP) is 2.80. The number of nitrogens with zero attached hydrogens (tertiary/aromatic N) is 1. The molecule has 118 valence electrons. The van der Waals surface area contributed by atoms with Crippen molar-refractivity contribution in [2.24, 2.45) is 0 Å². The van der Waals surface area contributed by atoms with Crippen molar-refractivity contribution in [3.63, 3.8) is 0 Å². The van der Waals surface area contributed by atoms with Gasteiger partial charge >= 0.3 is 5.97 Å². The Kier molecular flexibility index (Phi) is 5.63. The van der Waals surface area contributed by atoms with Crippen LogP contribution in [-0.4, -0.2) is 23.0 Å². The van der Waals surface area contributed by atoms with E-state index in [1.54, 1.807) is 68.7 Å². The second kappa shape index (κ2) is 7.89. The third-order valence-corrected chi connectivity index (χ3v) is 2.86. The molecular formula is C18H18N2O3. The zero-order valence-corrected chi connectivity index (χ0v) is 13.0. The van der Waals surface area contributed by atoms with Crippen LogP contribution in [0.15, 0.2) is 60.6 Å². The van der Waals surface area contributed by atoms with Crippen LogP contribution in [0, 0.1) is 0 Å². The Morgan fingerprint density at radius 3 is 2.35 bits per heavy atom. The first kappa shape index (κ1) is 16.4. The largest absolute Gasteiger partial charge is 0.458 e. The van der Waals surface area contributed by atoms with Gasteiger partial charge < -0.3 is 10.1 Å². The summed E-state index contributed by atoms with van der Waals surface area (Å²) in [5, 5.41) is 2.61. The van der Waals surface area contributed by atoms with Crippen molar-refractivity contribution < 1.29 is 14.3 Å². The van der Waals surface area contributed by atoms with Gasteiger partial charge in [-0.05, 0) is 49.8 Å². The van der Waals surface area contributed by atoms with Gasteiger partial charge in [-0.2, -0.15) is 0 Å². The van der Waals surface area contributed by atoms with Crippen LogP contribution in [0.3, 0.4) is 0 Å². The number of carbonyl (C=O) groups excluding carboxylic acids is 2. The first-order valence-corrected chi connectivity index (χ1v) is 7.25. The van der Waals surface area contributed by atoms with Gasteiger partial charge in [0.15, 0.2) is 0 Å². The van der Waals surface area contributed by atoms with E-state index in [1.807, 2.05) is 6.07 Å². The summed E-state index contributed by atoms with van der Waals surface area (Å²) >= 11 is 0. The van der Waals surface area contributed by atoms with Gasteiger partial charge in [-0.15, -0.1) is 0 Å². The normalized spacial score (nSPS) is 11.2. The number of hydrogen-bond donors (Lipinski definition) is 1. The molecule has 5 nitrogen and oxygen atoms in total. The van der Waals surface area contributed by atoms with Gasteiger partial charge in [0.05, 0.1) is 6.10 Å². The average Bonchev–Trinajstić information content (AvgIpc) is 2.55. The van der Waals surface area contributed by atoms with Gasteiger partial charge in [0, 0.05) is 18.0 Å². The van der Waals surface area contributed by atoms with Gasteiger partial charge in [0.25, 0.3) is 5.91 Å². The number of benzene rings is 1. The molecular weight excluding hydrogens is 292 g/mol. The Labute approximate surface area is 135 Å². The molecule has 0 bridgehead atoms. The molecule has 1 aromatic carbocycles. The number of esters is 1. The highest BCUT2D eigenvalue weighted by atomic mass is 16.5. The minimum Gasteiger partial charge on any atom is -0.458 e. The van der Waals surface area contributed by atoms with E-state index in [-0.39, 0.29) is 17.7 Å². The van der Waals surface area contributed by atoms with Crippen LogP contribution in [0.1, 0.15) is 29.8 Å². The van der Waals surface area contributed by atoms with Crippen LogP contribution < -0.4 is 5.32 Å². The third kappa shape index (κ3) is 5.07. The summed E-state index contributed by atoms with van der Waals surface area (Å²) in [5.41, 5.74) is 1.29. The maximum Gasteiger partial charge on any atom is 0.355 e. The number of rotatable bonds is 5. The molecule has 1 amide bonds. The first-order chi connectivity index (χ1) is 11.1. The summed E-state index contributed by atoms with van der Waals surface area (Å²) in [6.07, 6.45) is 4.50. The number of amides is 1. The number of carbonyl (C=O) groups is 2. The average molecular weight is 310 g/mol. The summed E-state index contributed by atoms with van der Waals surface area (Å²) in [7, 11) is 0. The fraction of sp³-hybridized carbons (Fsp3) is 0.167. The van der Waals surface area contributed by atoms with Crippen LogP contribution in [-0.2, 0) is 9.53 Å². The maximum absolute atomic E-state index is 12.3. The molecule has 0 aliphatic rings. The van der Waals surface area contributed by atoms with E-state index in [1.165, 1.54) is 0 Å². The minimum absolute atomic E-state index is 0.0822. The lowest BCUT2D eigenvalue weighted by atomic mass is 10.2. The van der Waals surface area contributed by atoms with Gasteiger partial charge in [0.2, 0.25) is 0 Å². The highest BCUT2D eigenvalue weighted by Crippen LogP contribution is 2.08. The molecule has 0 saturated carbocycles. The van der Waals surface area contributed by atoms with Crippen molar-refractivity contribution in [2.75, 3.05) is 0 Å². The molecule has 1 N–H and O–H groups in total. The lowest BCUT2D eigenvalue weighted by molar-refractivity contribution is -0.142. The molecule has 5 heteroatoms. The van der Waals surface area contributed by atoms with Gasteiger partial charge in [-0.3, -0.25) is 9.78 Å². The van der Waals surface area contributed by atoms with Gasteiger partial charge in [-0.25, -0.2) is 4.79 Å². The number of nitrogens with one attached hydrogen (secondary N) is 1. The van der Waals surface area contributed by atoms with E-state index < -0.39 is 5.97 Å². The smallest absolute Gasteiger partial charge is 0.355 e. The van der Waals surface area contributed by atoms with E-state index in [0.29, 0.717) is 5.56 Å². The third-order valence-electron chi connectivity index (χ3n) is 2.86. The Balaban J connectivity index is 2.25. The highest BCUT2D eigenvalue weighted by molar-refractivity contribution is 6.03. The number of aromatic nitrogens is 1. The van der Waals surface area contributed by atoms with Crippen LogP contribution in [0.5, 0.6) is 0 Å². The Morgan fingerprint density at radius 2 is 1.74 bits per heavy atom. The fourth-order valence-corrected chi connectivity index (χ4v) is 1.83. The molecule has 0 fully saturated rings. The molecule has 0 spiro atoms. The fourth-order valence-electron chi connectivity index (χ4n) is 1.83. The topological polar surface area (TPSA) is 68.3 Å². The summed E-state index contributed by atoms with van der Waals surface area (Å²) in [4.78, 5) is 28.4. The molecule has 2 aromatic rings. The Hall–Kier alpha value is -2.95. The molecule has 0 saturated heterocycles. The van der Waals surface area contributed by atoms with Gasteiger partial charge in [0.1, 0.15) is 5.70 Å². The predicted molar refractivity (Wildman–Crippen MR) is 87.4 cm³/mol. The second-order valence-corrected chi connectivity index (χ2v) is 5.11. The molecule has 1 heterocycles. The zero-order valence-electron chi connectivity index (χ0n) is 13.0. The van der Waals surface area contributed by atoms with Crippen molar-refractivity contribution in [1.29, 1.82) is 0 Å². The van der Waals surface area contributed by atoms with E-state index in [4.69, 9.17) is 4.74 Å². The Morgan fingerprint density at radius 1 is 1.09 bits per heavy atom. The minimum atomic E-state index is -0.582. The van der Waals surface area contributed by atoms with E-state index in [2.05, 4.69) is 10.3 Å². The van der Waals surface area contributed by atoms with E-state index in [9.17, 15) is 9.59 Å². The molecule has 2 rings (SSSR count). The lowest BCUT2D eigenvalue weighted by Gasteiger charge is -2.12. The summed E-state index contributed by atoms with van der Waals surface area (Å²) in [6, 6.07) is 12.1. The summed E-state index contributed by atoms with van der Waals surface area (Å²) in [5.74, 6) is -0.951. The van der Waals surface area contributed by atoms with Gasteiger partial charge in [-0.1, -0.05) is 18.2 Å². The molecule has 0 radical (unpaired) electrons. The number of ether oxygens (including phenoxy) is 1. The number of hydrogen-bond acceptors (Lipinski definition) is 4. The van der Waals surface area contributed by atoms with Crippen LogP contribution >= 0.6 is 0 Å². The maximum atomic E-state index is 12.3. The van der Waals surface area contributed by atoms with Crippen LogP contribution in [0.25, 0.3) is 6.08 Å². The zero-order chi connectivity index (χ0) is 16.7. The van der Waals surface area contributed by atoms with Crippen molar-refractivity contribution in [3.05, 3.63) is 71.7 Å². The Bertz CT molecular complexity index is 695. The molecule has 0 atom stereocenters. The van der Waals surface area contributed by atoms with E-state index in [0.717, 1.165) is 5.56 Å². The van der Waals surface area contributed by atoms with Crippen LogP contribution in [0.2, 0.25) is 0 Å². The summed E-state index contributed by atoms with van der Waals surface area (Å²) in [6.45, 7) is 3.50. The van der Waals surface area contributed by atoms with Crippen molar-refractivity contribution >= 4 is 18.0 Å². The standard InChI is InChI=1S/C18H18N2O3/c1-13(2)23-18(22)16(12-14-8-10-19-11-9-14)20-17(21)15-6-4-3-5-7-15/h3-13H,1-2H3,(H,20,21)/b16-12+. The monoisotopic (exact) mass is 310 g/mol. The van der Waals surface area contributed by atoms with Crippen molar-refractivity contribution in [3.8, 4) is 0 Å². The van der Waals surface area contributed by atoms with Crippen molar-refractivity contribution in [2.45, 2.75) is 20.0 Å². The number of pyridine rings is 1. The van der Waals surface area contributed by atoms with Crippen LogP contribution in [0.4, 0.5) is 0 Å². The quantitative estimate of drug-likeness (QED) is 0.681. The van der Waals surface area contributed by atoms with Crippen molar-refractivity contribution in [1.82, 2.24) is 10.3 Å². The SMILES string of the molecule is CC(C)OC(=O)/C(=C\c1ccncc1)NC(=O)c1ccccc1. The molecule has 0 unspecified atom stereocenters. The lowest BCUT2D eigenvalue weighted by Crippen LogP contribution is -2.29. The molecule has 0 aliphatic carbocycles. The highest BCUT2D eigenvalue weighted by Gasteiger charge is 2.16. The molecule has 1 aromatic heterocycles. The second-order valence-electron chi connectivity index (χ2n) is 5.11. The summed E-state index contributed by atoms with van der Waals surface area (Å²) < 4.78 is 5.18.